The van der Waals surface area contributed by atoms with Gasteiger partial charge in [-0.3, -0.25) is 9.36 Å². The van der Waals surface area contributed by atoms with Gasteiger partial charge in [0.15, 0.2) is 11.2 Å². The number of benzene rings is 2. The van der Waals surface area contributed by atoms with Crippen LogP contribution >= 0.6 is 0 Å². The fraction of sp³-hybridized carbons (Fsp3) is 0.227. The summed E-state index contributed by atoms with van der Waals surface area (Å²) in [7, 11) is 0. The Bertz CT molecular complexity index is 1290. The maximum atomic E-state index is 13.9. The highest BCUT2D eigenvalue weighted by Gasteiger charge is 2.20. The number of halogens is 1. The summed E-state index contributed by atoms with van der Waals surface area (Å²) in [5, 5.41) is 0. The third kappa shape index (κ3) is 3.51. The van der Waals surface area contributed by atoms with Crippen LogP contribution in [0.3, 0.4) is 0 Å². The van der Waals surface area contributed by atoms with Gasteiger partial charge in [0.1, 0.15) is 5.82 Å². The average molecular weight is 392 g/mol. The van der Waals surface area contributed by atoms with Crippen molar-refractivity contribution in [1.82, 2.24) is 18.7 Å². The van der Waals surface area contributed by atoms with Crippen LogP contribution in [0.5, 0.6) is 0 Å². The molecule has 0 N–H and O–H groups in total. The Kier molecular flexibility index (Phi) is 4.88. The Labute approximate surface area is 166 Å². The third-order valence-electron chi connectivity index (χ3n) is 4.71. The number of hydrogen-bond acceptors (Lipinski definition) is 3. The molecule has 0 saturated heterocycles. The molecule has 0 bridgehead atoms. The van der Waals surface area contributed by atoms with Gasteiger partial charge in [0.2, 0.25) is 0 Å². The maximum Gasteiger partial charge on any atom is 0.337 e. The lowest BCUT2D eigenvalue weighted by molar-refractivity contribution is 0.488. The van der Waals surface area contributed by atoms with E-state index in [1.807, 2.05) is 44.2 Å². The fourth-order valence-corrected chi connectivity index (χ4v) is 3.45. The summed E-state index contributed by atoms with van der Waals surface area (Å²) >= 11 is 0. The van der Waals surface area contributed by atoms with Gasteiger partial charge in [0.25, 0.3) is 5.56 Å². The average Bonchev–Trinajstić information content (AvgIpc) is 3.09. The molecule has 6 nitrogen and oxygen atoms in total. The van der Waals surface area contributed by atoms with Gasteiger partial charge in [0, 0.05) is 13.1 Å². The Morgan fingerprint density at radius 2 is 1.79 bits per heavy atom. The number of hydrogen-bond donors (Lipinski definition) is 0. The summed E-state index contributed by atoms with van der Waals surface area (Å²) in [6, 6.07) is 15.4. The number of imidazole rings is 1. The highest BCUT2D eigenvalue weighted by molar-refractivity contribution is 5.72. The summed E-state index contributed by atoms with van der Waals surface area (Å²) < 4.78 is 18.1. The van der Waals surface area contributed by atoms with Gasteiger partial charge < -0.3 is 4.57 Å². The minimum Gasteiger partial charge on any atom is -0.320 e. The quantitative estimate of drug-likeness (QED) is 0.524. The molecule has 0 unspecified atom stereocenters. The summed E-state index contributed by atoms with van der Waals surface area (Å²) in [6.45, 7) is 4.57. The first-order chi connectivity index (χ1) is 14.0. The molecule has 0 fully saturated rings. The Morgan fingerprint density at radius 3 is 2.48 bits per heavy atom. The summed E-state index contributed by atoms with van der Waals surface area (Å²) in [6.07, 6.45) is 1.55. The van der Waals surface area contributed by atoms with Gasteiger partial charge >= 0.3 is 5.69 Å². The van der Waals surface area contributed by atoms with E-state index in [0.29, 0.717) is 17.7 Å². The van der Waals surface area contributed by atoms with E-state index in [9.17, 15) is 14.0 Å². The van der Waals surface area contributed by atoms with Gasteiger partial charge in [-0.2, -0.15) is 0 Å². The first kappa shape index (κ1) is 18.9. The van der Waals surface area contributed by atoms with Crippen molar-refractivity contribution < 1.29 is 4.39 Å². The summed E-state index contributed by atoms with van der Waals surface area (Å²) in [5.41, 5.74) is 0.971. The van der Waals surface area contributed by atoms with Gasteiger partial charge in [-0.05, 0) is 29.7 Å². The van der Waals surface area contributed by atoms with Gasteiger partial charge in [0.05, 0.1) is 12.0 Å². The third-order valence-corrected chi connectivity index (χ3v) is 4.71. The van der Waals surface area contributed by atoms with Crippen molar-refractivity contribution in [3.8, 4) is 5.69 Å². The predicted molar refractivity (Wildman–Crippen MR) is 110 cm³/mol. The van der Waals surface area contributed by atoms with Crippen LogP contribution in [0.25, 0.3) is 16.9 Å². The largest absolute Gasteiger partial charge is 0.337 e. The van der Waals surface area contributed by atoms with Gasteiger partial charge in [-0.15, -0.1) is 0 Å². The van der Waals surface area contributed by atoms with Crippen molar-refractivity contribution in [2.75, 3.05) is 0 Å². The van der Waals surface area contributed by atoms with E-state index >= 15 is 0 Å². The second-order valence-electron chi connectivity index (χ2n) is 7.44. The number of nitrogens with zero attached hydrogens (tertiary/aromatic N) is 4. The van der Waals surface area contributed by atoms with E-state index in [-0.39, 0.29) is 23.7 Å². The monoisotopic (exact) mass is 392 g/mol. The molecule has 2 heterocycles. The van der Waals surface area contributed by atoms with E-state index in [2.05, 4.69) is 4.98 Å². The van der Waals surface area contributed by atoms with Crippen LogP contribution in [0.2, 0.25) is 0 Å². The van der Waals surface area contributed by atoms with Crippen LogP contribution in [0.4, 0.5) is 4.39 Å². The molecule has 0 amide bonds. The van der Waals surface area contributed by atoms with Crippen LogP contribution in [0.15, 0.2) is 70.5 Å². The summed E-state index contributed by atoms with van der Waals surface area (Å²) in [5.74, 6) is -0.378. The molecular formula is C22H21FN4O2. The lowest BCUT2D eigenvalue weighted by Crippen LogP contribution is -2.41. The minimum atomic E-state index is -0.522. The van der Waals surface area contributed by atoms with Crippen LogP contribution in [0.1, 0.15) is 19.4 Å². The second-order valence-corrected chi connectivity index (χ2v) is 7.44. The van der Waals surface area contributed by atoms with Gasteiger partial charge in [-0.25, -0.2) is 18.7 Å². The standard InChI is InChI=1S/C22H21FN4O2/c1-15(2)12-26-21(28)19-20(24-14-25(19)13-16-7-4-3-5-8-16)27(22(26)29)18-10-6-9-17(23)11-18/h3-11,14-15H,12-13H2,1-2H3. The minimum absolute atomic E-state index is 0.0873. The first-order valence-electron chi connectivity index (χ1n) is 9.46. The summed E-state index contributed by atoms with van der Waals surface area (Å²) in [4.78, 5) is 30.7. The van der Waals surface area contributed by atoms with E-state index in [1.165, 1.54) is 27.3 Å². The van der Waals surface area contributed by atoms with Crippen molar-refractivity contribution in [3.63, 3.8) is 0 Å². The molecule has 0 spiro atoms. The van der Waals surface area contributed by atoms with E-state index in [1.54, 1.807) is 17.0 Å². The zero-order valence-electron chi connectivity index (χ0n) is 16.2. The maximum absolute atomic E-state index is 13.9. The topological polar surface area (TPSA) is 61.8 Å². The molecule has 148 valence electrons. The first-order valence-corrected chi connectivity index (χ1v) is 9.46. The SMILES string of the molecule is CC(C)Cn1c(=O)c2c(ncn2Cc2ccccc2)n(-c2cccc(F)c2)c1=O. The normalized spacial score (nSPS) is 11.4. The van der Waals surface area contributed by atoms with Crippen molar-refractivity contribution in [2.45, 2.75) is 26.9 Å². The molecule has 0 radical (unpaired) electrons. The number of aromatic nitrogens is 4. The Hall–Kier alpha value is -3.48. The molecule has 0 aliphatic carbocycles. The van der Waals surface area contributed by atoms with Crippen molar-refractivity contribution in [2.24, 2.45) is 5.92 Å². The molecule has 0 aliphatic heterocycles. The molecule has 4 rings (SSSR count). The molecular weight excluding hydrogens is 371 g/mol. The van der Waals surface area contributed by atoms with Crippen LogP contribution < -0.4 is 11.2 Å². The zero-order valence-corrected chi connectivity index (χ0v) is 16.2. The van der Waals surface area contributed by atoms with Crippen LogP contribution in [-0.4, -0.2) is 18.7 Å². The lowest BCUT2D eigenvalue weighted by atomic mass is 10.2. The van der Waals surface area contributed by atoms with E-state index < -0.39 is 11.5 Å². The van der Waals surface area contributed by atoms with Crippen LogP contribution in [0, 0.1) is 11.7 Å². The number of fused-ring (bicyclic) bond motifs is 1. The molecule has 4 aromatic rings. The lowest BCUT2D eigenvalue weighted by Gasteiger charge is -2.14. The zero-order chi connectivity index (χ0) is 20.5. The number of rotatable bonds is 5. The molecule has 2 aromatic carbocycles. The molecule has 0 aliphatic rings. The smallest absolute Gasteiger partial charge is 0.320 e. The molecule has 2 aromatic heterocycles. The van der Waals surface area contributed by atoms with E-state index in [0.717, 1.165) is 5.56 Å². The molecule has 0 atom stereocenters. The molecule has 7 heteroatoms. The van der Waals surface area contributed by atoms with E-state index in [4.69, 9.17) is 0 Å². The van der Waals surface area contributed by atoms with Gasteiger partial charge in [-0.1, -0.05) is 50.2 Å². The predicted octanol–water partition coefficient (Wildman–Crippen LogP) is 3.19. The second kappa shape index (κ2) is 7.50. The van der Waals surface area contributed by atoms with Crippen molar-refractivity contribution >= 4 is 11.2 Å². The van der Waals surface area contributed by atoms with Crippen molar-refractivity contribution in [1.29, 1.82) is 0 Å². The highest BCUT2D eigenvalue weighted by Crippen LogP contribution is 2.16. The Balaban J connectivity index is 2.02. The highest BCUT2D eigenvalue weighted by atomic mass is 19.1. The van der Waals surface area contributed by atoms with Crippen molar-refractivity contribution in [3.05, 3.63) is 93.1 Å². The molecule has 29 heavy (non-hydrogen) atoms. The molecule has 0 saturated carbocycles. The van der Waals surface area contributed by atoms with Crippen LogP contribution in [-0.2, 0) is 13.1 Å². The Morgan fingerprint density at radius 1 is 1.03 bits per heavy atom. The fourth-order valence-electron chi connectivity index (χ4n) is 3.45.